The number of aryl methyl sites for hydroxylation is 1. The first-order valence-electron chi connectivity index (χ1n) is 6.96. The zero-order valence-corrected chi connectivity index (χ0v) is 11.7. The van der Waals surface area contributed by atoms with Crippen LogP contribution in [-0.2, 0) is 18.3 Å². The maximum Gasteiger partial charge on any atom is 0.127 e. The lowest BCUT2D eigenvalue weighted by Gasteiger charge is -2.28. The van der Waals surface area contributed by atoms with Crippen LogP contribution in [-0.4, -0.2) is 35.9 Å². The normalized spacial score (nSPS) is 15.3. The molecule has 0 spiro atoms. The zero-order valence-electron chi connectivity index (χ0n) is 11.7. The van der Waals surface area contributed by atoms with Crippen molar-refractivity contribution in [3.8, 4) is 0 Å². The molecule has 0 amide bonds. The summed E-state index contributed by atoms with van der Waals surface area (Å²) in [5.74, 6) is 1.03. The molecule has 1 aromatic heterocycles. The molecular weight excluding hydrogens is 252 g/mol. The van der Waals surface area contributed by atoms with E-state index in [1.807, 2.05) is 24.0 Å². The molecule has 106 valence electrons. The highest BCUT2D eigenvalue weighted by atomic mass is 16.5. The Morgan fingerprint density at radius 1 is 1.20 bits per heavy atom. The van der Waals surface area contributed by atoms with E-state index in [1.165, 1.54) is 5.69 Å². The minimum atomic E-state index is 0.737. The summed E-state index contributed by atoms with van der Waals surface area (Å²) in [5.41, 5.74) is 2.38. The number of hydrogen-bond donors (Lipinski definition) is 1. The maximum absolute atomic E-state index is 5.37. The lowest BCUT2D eigenvalue weighted by molar-refractivity contribution is 0.122. The van der Waals surface area contributed by atoms with E-state index >= 15 is 0 Å². The van der Waals surface area contributed by atoms with E-state index in [4.69, 9.17) is 4.74 Å². The number of morpholine rings is 1. The van der Waals surface area contributed by atoms with E-state index in [1.54, 1.807) is 0 Å². The first kappa shape index (κ1) is 13.0. The average molecular weight is 272 g/mol. The molecule has 0 bridgehead atoms. The van der Waals surface area contributed by atoms with Gasteiger partial charge in [-0.2, -0.15) is 0 Å². The summed E-state index contributed by atoms with van der Waals surface area (Å²) in [6, 6.07) is 8.56. The Bertz CT molecular complexity index is 543. The predicted octanol–water partition coefficient (Wildman–Crippen LogP) is 1.87. The van der Waals surface area contributed by atoms with Crippen LogP contribution < -0.4 is 10.2 Å². The molecule has 5 heteroatoms. The average Bonchev–Trinajstić information content (AvgIpc) is 2.92. The molecule has 1 aliphatic rings. The molecule has 0 aliphatic carbocycles. The molecule has 2 heterocycles. The topological polar surface area (TPSA) is 42.3 Å². The summed E-state index contributed by atoms with van der Waals surface area (Å²) in [6.07, 6.45) is 3.77. The summed E-state index contributed by atoms with van der Waals surface area (Å²) < 4.78 is 7.40. The van der Waals surface area contributed by atoms with Gasteiger partial charge in [-0.15, -0.1) is 0 Å². The molecule has 3 rings (SSSR count). The number of benzene rings is 1. The maximum atomic E-state index is 5.37. The second-order valence-electron chi connectivity index (χ2n) is 4.95. The van der Waals surface area contributed by atoms with E-state index in [-0.39, 0.29) is 0 Å². The van der Waals surface area contributed by atoms with Gasteiger partial charge < -0.3 is 19.5 Å². The quantitative estimate of drug-likeness (QED) is 0.922. The van der Waals surface area contributed by atoms with Gasteiger partial charge in [-0.1, -0.05) is 0 Å². The molecule has 5 nitrogen and oxygen atoms in total. The molecular formula is C15H20N4O. The third-order valence-corrected chi connectivity index (χ3v) is 3.62. The van der Waals surface area contributed by atoms with Crippen LogP contribution in [0.1, 0.15) is 5.82 Å². The molecule has 0 saturated carbocycles. The smallest absolute Gasteiger partial charge is 0.127 e. The van der Waals surface area contributed by atoms with Gasteiger partial charge in [0.15, 0.2) is 0 Å². The van der Waals surface area contributed by atoms with Gasteiger partial charge in [-0.05, 0) is 24.3 Å². The zero-order chi connectivity index (χ0) is 13.8. The van der Waals surface area contributed by atoms with E-state index in [2.05, 4.69) is 39.5 Å². The van der Waals surface area contributed by atoms with Crippen molar-refractivity contribution >= 4 is 11.4 Å². The molecule has 1 saturated heterocycles. The second kappa shape index (κ2) is 5.96. The number of nitrogens with zero attached hydrogens (tertiary/aromatic N) is 3. The molecule has 0 unspecified atom stereocenters. The summed E-state index contributed by atoms with van der Waals surface area (Å²) >= 11 is 0. The molecule has 1 aromatic carbocycles. The highest BCUT2D eigenvalue weighted by Gasteiger charge is 2.10. The molecule has 0 radical (unpaired) electrons. The Kier molecular flexibility index (Phi) is 3.87. The van der Waals surface area contributed by atoms with Gasteiger partial charge in [0.1, 0.15) is 5.82 Å². The van der Waals surface area contributed by atoms with Crippen LogP contribution in [0.3, 0.4) is 0 Å². The number of nitrogens with one attached hydrogen (secondary N) is 1. The lowest BCUT2D eigenvalue weighted by atomic mass is 10.2. The van der Waals surface area contributed by atoms with Gasteiger partial charge in [0.05, 0.1) is 19.8 Å². The number of anilines is 2. The minimum absolute atomic E-state index is 0.737. The summed E-state index contributed by atoms with van der Waals surface area (Å²) in [5, 5.41) is 3.39. The largest absolute Gasteiger partial charge is 0.378 e. The van der Waals surface area contributed by atoms with Crippen LogP contribution in [0.15, 0.2) is 36.7 Å². The van der Waals surface area contributed by atoms with Crippen molar-refractivity contribution in [2.45, 2.75) is 6.54 Å². The minimum Gasteiger partial charge on any atom is -0.378 e. The lowest BCUT2D eigenvalue weighted by Crippen LogP contribution is -2.36. The van der Waals surface area contributed by atoms with E-state index < -0.39 is 0 Å². The first-order chi connectivity index (χ1) is 9.83. The van der Waals surface area contributed by atoms with Crippen LogP contribution >= 0.6 is 0 Å². The third kappa shape index (κ3) is 2.93. The Balaban J connectivity index is 1.59. The van der Waals surface area contributed by atoms with Crippen LogP contribution in [0, 0.1) is 0 Å². The van der Waals surface area contributed by atoms with Crippen molar-refractivity contribution in [2.75, 3.05) is 36.5 Å². The predicted molar refractivity (Wildman–Crippen MR) is 80.0 cm³/mol. The summed E-state index contributed by atoms with van der Waals surface area (Å²) in [4.78, 5) is 6.65. The number of aromatic nitrogens is 2. The van der Waals surface area contributed by atoms with Crippen molar-refractivity contribution in [1.29, 1.82) is 0 Å². The Hall–Kier alpha value is -2.01. The molecule has 1 aliphatic heterocycles. The Morgan fingerprint density at radius 2 is 1.95 bits per heavy atom. The fraction of sp³-hybridized carbons (Fsp3) is 0.400. The second-order valence-corrected chi connectivity index (χ2v) is 4.95. The van der Waals surface area contributed by atoms with Crippen LogP contribution in [0.2, 0.25) is 0 Å². The number of rotatable bonds is 4. The van der Waals surface area contributed by atoms with Crippen molar-refractivity contribution in [3.05, 3.63) is 42.5 Å². The van der Waals surface area contributed by atoms with Crippen molar-refractivity contribution in [3.63, 3.8) is 0 Å². The fourth-order valence-electron chi connectivity index (χ4n) is 2.36. The molecule has 1 N–H and O–H groups in total. The molecule has 1 fully saturated rings. The number of imidazole rings is 1. The first-order valence-corrected chi connectivity index (χ1v) is 6.96. The fourth-order valence-corrected chi connectivity index (χ4v) is 2.36. The highest BCUT2D eigenvalue weighted by molar-refractivity contribution is 5.55. The van der Waals surface area contributed by atoms with Crippen molar-refractivity contribution in [1.82, 2.24) is 9.55 Å². The Labute approximate surface area is 119 Å². The number of hydrogen-bond acceptors (Lipinski definition) is 4. The van der Waals surface area contributed by atoms with E-state index in [9.17, 15) is 0 Å². The van der Waals surface area contributed by atoms with Crippen LogP contribution in [0.25, 0.3) is 0 Å². The molecule has 20 heavy (non-hydrogen) atoms. The van der Waals surface area contributed by atoms with Gasteiger partial charge in [0.25, 0.3) is 0 Å². The van der Waals surface area contributed by atoms with Crippen molar-refractivity contribution < 1.29 is 4.74 Å². The van der Waals surface area contributed by atoms with E-state index in [0.717, 1.165) is 44.4 Å². The SMILES string of the molecule is Cn1ccnc1CNc1ccc(N2CCOCC2)cc1. The van der Waals surface area contributed by atoms with Crippen molar-refractivity contribution in [2.24, 2.45) is 7.05 Å². The standard InChI is InChI=1S/C15H20N4O/c1-18-7-6-16-15(18)12-17-13-2-4-14(5-3-13)19-8-10-20-11-9-19/h2-7,17H,8-12H2,1H3. The van der Waals surface area contributed by atoms with E-state index in [0.29, 0.717) is 0 Å². The van der Waals surface area contributed by atoms with Gasteiger partial charge >= 0.3 is 0 Å². The summed E-state index contributed by atoms with van der Waals surface area (Å²) in [7, 11) is 2.01. The third-order valence-electron chi connectivity index (χ3n) is 3.62. The molecule has 0 atom stereocenters. The summed E-state index contributed by atoms with van der Waals surface area (Å²) in [6.45, 7) is 4.32. The highest BCUT2D eigenvalue weighted by Crippen LogP contribution is 2.19. The van der Waals surface area contributed by atoms with Gasteiger partial charge in [-0.25, -0.2) is 4.98 Å². The van der Waals surface area contributed by atoms with Crippen LogP contribution in [0.4, 0.5) is 11.4 Å². The van der Waals surface area contributed by atoms with Gasteiger partial charge in [-0.3, -0.25) is 0 Å². The monoisotopic (exact) mass is 272 g/mol. The number of ether oxygens (including phenoxy) is 1. The van der Waals surface area contributed by atoms with Gasteiger partial charge in [0, 0.05) is 43.9 Å². The van der Waals surface area contributed by atoms with Gasteiger partial charge in [0.2, 0.25) is 0 Å². The van der Waals surface area contributed by atoms with Crippen LogP contribution in [0.5, 0.6) is 0 Å². The molecule has 2 aromatic rings. The Morgan fingerprint density at radius 3 is 2.60 bits per heavy atom.